The van der Waals surface area contributed by atoms with Gasteiger partial charge in [0.05, 0.1) is 36.5 Å². The standard InChI is InChI=1S/2C16H19NO2/c2*1-19-14-5-3-13(9-14)16-7-4-12-8-11(10-18)2-6-15(12)17-16/h2*2,4,6-8,13-14,18H,3,5,9-10H2,1H3/t13-,14-;/m0./s1. The van der Waals surface area contributed by atoms with Gasteiger partial charge in [0.2, 0.25) is 0 Å². The lowest BCUT2D eigenvalue weighted by Gasteiger charge is -2.11. The monoisotopic (exact) mass is 514 g/mol. The van der Waals surface area contributed by atoms with Crippen LogP contribution in [0.4, 0.5) is 0 Å². The first kappa shape index (κ1) is 26.7. The van der Waals surface area contributed by atoms with E-state index in [0.717, 1.165) is 71.5 Å². The molecule has 6 rings (SSSR count). The summed E-state index contributed by atoms with van der Waals surface area (Å²) in [4.78, 5) is 9.53. The normalized spacial score (nSPS) is 23.1. The van der Waals surface area contributed by atoms with E-state index in [2.05, 4.69) is 24.3 Å². The predicted octanol–water partition coefficient (Wildman–Crippen LogP) is 6.02. The highest BCUT2D eigenvalue weighted by molar-refractivity contribution is 5.80. The van der Waals surface area contributed by atoms with Crippen molar-refractivity contribution >= 4 is 21.8 Å². The van der Waals surface area contributed by atoms with Crippen LogP contribution in [0.5, 0.6) is 0 Å². The van der Waals surface area contributed by atoms with Crippen LogP contribution in [0, 0.1) is 0 Å². The Morgan fingerprint density at radius 2 is 1.08 bits per heavy atom. The fourth-order valence-corrected chi connectivity index (χ4v) is 5.88. The zero-order valence-corrected chi connectivity index (χ0v) is 22.3. The number of aromatic nitrogens is 2. The fraction of sp³-hybridized carbons (Fsp3) is 0.438. The highest BCUT2D eigenvalue weighted by Gasteiger charge is 2.27. The van der Waals surface area contributed by atoms with E-state index < -0.39 is 0 Å². The molecule has 2 aromatic heterocycles. The number of nitrogens with zero attached hydrogens (tertiary/aromatic N) is 2. The molecule has 0 bridgehead atoms. The molecule has 2 saturated carbocycles. The van der Waals surface area contributed by atoms with E-state index >= 15 is 0 Å². The molecule has 0 radical (unpaired) electrons. The van der Waals surface area contributed by atoms with Crippen LogP contribution in [0.15, 0.2) is 60.7 Å². The van der Waals surface area contributed by atoms with Gasteiger partial charge >= 0.3 is 0 Å². The fourth-order valence-electron chi connectivity index (χ4n) is 5.88. The van der Waals surface area contributed by atoms with Crippen LogP contribution in [-0.2, 0) is 22.7 Å². The minimum Gasteiger partial charge on any atom is -0.392 e. The topological polar surface area (TPSA) is 84.7 Å². The van der Waals surface area contributed by atoms with Crippen molar-refractivity contribution in [2.75, 3.05) is 14.2 Å². The zero-order chi connectivity index (χ0) is 26.5. The Morgan fingerprint density at radius 3 is 1.45 bits per heavy atom. The molecule has 2 aliphatic carbocycles. The molecule has 2 unspecified atom stereocenters. The first-order valence-corrected chi connectivity index (χ1v) is 13.7. The number of benzene rings is 2. The molecule has 2 N–H and O–H groups in total. The second-order valence-corrected chi connectivity index (χ2v) is 10.6. The van der Waals surface area contributed by atoms with Crippen LogP contribution in [0.2, 0.25) is 0 Å². The highest BCUT2D eigenvalue weighted by atomic mass is 16.5. The maximum Gasteiger partial charge on any atom is 0.0705 e. The van der Waals surface area contributed by atoms with Crippen LogP contribution in [0.3, 0.4) is 0 Å². The van der Waals surface area contributed by atoms with Gasteiger partial charge in [-0.2, -0.15) is 0 Å². The summed E-state index contributed by atoms with van der Waals surface area (Å²) in [6.45, 7) is 0.158. The zero-order valence-electron chi connectivity index (χ0n) is 22.3. The number of fused-ring (bicyclic) bond motifs is 2. The second kappa shape index (κ2) is 12.3. The van der Waals surface area contributed by atoms with Crippen molar-refractivity contribution in [1.82, 2.24) is 9.97 Å². The van der Waals surface area contributed by atoms with Gasteiger partial charge in [-0.25, -0.2) is 0 Å². The first-order valence-electron chi connectivity index (χ1n) is 13.7. The van der Waals surface area contributed by atoms with Gasteiger partial charge in [0.25, 0.3) is 0 Å². The molecule has 4 atom stereocenters. The molecule has 2 heterocycles. The predicted molar refractivity (Wildman–Crippen MR) is 150 cm³/mol. The quantitative estimate of drug-likeness (QED) is 0.327. The van der Waals surface area contributed by atoms with Crippen molar-refractivity contribution in [3.63, 3.8) is 0 Å². The van der Waals surface area contributed by atoms with E-state index in [0.29, 0.717) is 24.0 Å². The number of aliphatic hydroxyl groups is 2. The Kier molecular flexibility index (Phi) is 8.65. The van der Waals surface area contributed by atoms with E-state index in [1.807, 2.05) is 36.4 Å². The van der Waals surface area contributed by atoms with Crippen LogP contribution < -0.4 is 0 Å². The van der Waals surface area contributed by atoms with Crippen LogP contribution >= 0.6 is 0 Å². The summed E-state index contributed by atoms with van der Waals surface area (Å²) in [5.74, 6) is 1.04. The van der Waals surface area contributed by atoms with E-state index in [1.54, 1.807) is 14.2 Å². The third kappa shape index (κ3) is 6.05. The number of hydrogen-bond donors (Lipinski definition) is 2. The molecule has 38 heavy (non-hydrogen) atoms. The molecule has 0 amide bonds. The SMILES string of the molecule is COC1CCC(c2ccc3cc(CO)ccc3n2)C1.CO[C@H]1CC[C@H](c2ccc3cc(CO)ccc3n2)C1. The Labute approximate surface area is 224 Å². The molecule has 2 aromatic carbocycles. The van der Waals surface area contributed by atoms with Gasteiger partial charge in [-0.3, -0.25) is 9.97 Å². The molecule has 6 nitrogen and oxygen atoms in total. The van der Waals surface area contributed by atoms with Crippen molar-refractivity contribution < 1.29 is 19.7 Å². The maximum absolute atomic E-state index is 9.15. The average Bonchev–Trinajstić information content (AvgIpc) is 3.66. The van der Waals surface area contributed by atoms with E-state index in [-0.39, 0.29) is 13.2 Å². The molecule has 4 aromatic rings. The smallest absolute Gasteiger partial charge is 0.0705 e. The third-order valence-electron chi connectivity index (χ3n) is 8.19. The molecule has 0 spiro atoms. The largest absolute Gasteiger partial charge is 0.392 e. The molecule has 0 saturated heterocycles. The maximum atomic E-state index is 9.15. The van der Waals surface area contributed by atoms with Crippen LogP contribution in [0.25, 0.3) is 21.8 Å². The van der Waals surface area contributed by atoms with Gasteiger partial charge in [-0.05, 0) is 86.1 Å². The number of hydrogen-bond acceptors (Lipinski definition) is 6. The van der Waals surface area contributed by atoms with Crippen molar-refractivity contribution in [1.29, 1.82) is 0 Å². The molecular weight excluding hydrogens is 476 g/mol. The minimum absolute atomic E-state index is 0.0792. The van der Waals surface area contributed by atoms with Gasteiger partial charge in [0, 0.05) is 48.2 Å². The van der Waals surface area contributed by atoms with Gasteiger partial charge in [0.15, 0.2) is 0 Å². The van der Waals surface area contributed by atoms with E-state index in [1.165, 1.54) is 11.4 Å². The number of ether oxygens (including phenoxy) is 2. The Morgan fingerprint density at radius 1 is 0.632 bits per heavy atom. The van der Waals surface area contributed by atoms with Gasteiger partial charge < -0.3 is 19.7 Å². The molecule has 0 aliphatic heterocycles. The summed E-state index contributed by atoms with van der Waals surface area (Å²) in [6.07, 6.45) is 7.50. The molecule has 200 valence electrons. The van der Waals surface area contributed by atoms with Crippen molar-refractivity contribution in [2.24, 2.45) is 0 Å². The van der Waals surface area contributed by atoms with Crippen LogP contribution in [0.1, 0.15) is 72.9 Å². The number of rotatable bonds is 6. The minimum atomic E-state index is 0.0792. The summed E-state index contributed by atoms with van der Waals surface area (Å²) in [5.41, 5.74) is 6.23. The van der Waals surface area contributed by atoms with Crippen molar-refractivity contribution in [3.05, 3.63) is 83.2 Å². The van der Waals surface area contributed by atoms with Crippen molar-refractivity contribution in [2.45, 2.75) is 75.8 Å². The first-order chi connectivity index (χ1) is 18.6. The summed E-state index contributed by atoms with van der Waals surface area (Å²) in [5, 5.41) is 20.5. The third-order valence-corrected chi connectivity index (χ3v) is 8.19. The average molecular weight is 515 g/mol. The van der Waals surface area contributed by atoms with Gasteiger partial charge in [-0.1, -0.05) is 24.3 Å². The summed E-state index contributed by atoms with van der Waals surface area (Å²) < 4.78 is 10.9. The highest BCUT2D eigenvalue weighted by Crippen LogP contribution is 2.36. The lowest BCUT2D eigenvalue weighted by atomic mass is 10.0. The van der Waals surface area contributed by atoms with Gasteiger partial charge in [-0.15, -0.1) is 0 Å². The summed E-state index contributed by atoms with van der Waals surface area (Å²) >= 11 is 0. The lowest BCUT2D eigenvalue weighted by molar-refractivity contribution is 0.107. The number of aliphatic hydroxyl groups excluding tert-OH is 2. The Hall–Kier alpha value is -2.90. The van der Waals surface area contributed by atoms with E-state index in [4.69, 9.17) is 29.7 Å². The van der Waals surface area contributed by atoms with Gasteiger partial charge in [0.1, 0.15) is 0 Å². The lowest BCUT2D eigenvalue weighted by Crippen LogP contribution is -2.05. The Bertz CT molecular complexity index is 1270. The van der Waals surface area contributed by atoms with Crippen molar-refractivity contribution in [3.8, 4) is 0 Å². The molecule has 2 fully saturated rings. The second-order valence-electron chi connectivity index (χ2n) is 10.6. The summed E-state index contributed by atoms with van der Waals surface area (Å²) in [7, 11) is 3.58. The summed E-state index contributed by atoms with van der Waals surface area (Å²) in [6, 6.07) is 20.3. The number of pyridine rings is 2. The molecular formula is C32H38N2O4. The number of methoxy groups -OCH3 is 2. The van der Waals surface area contributed by atoms with E-state index in [9.17, 15) is 0 Å². The van der Waals surface area contributed by atoms with Crippen LogP contribution in [-0.4, -0.2) is 46.6 Å². The molecule has 6 heteroatoms. The molecule has 2 aliphatic rings. The Balaban J connectivity index is 0.000000155.